The van der Waals surface area contributed by atoms with Crippen molar-refractivity contribution in [1.82, 2.24) is 20.2 Å². The second kappa shape index (κ2) is 7.23. The summed E-state index contributed by atoms with van der Waals surface area (Å²) in [7, 11) is 0. The summed E-state index contributed by atoms with van der Waals surface area (Å²) in [6.07, 6.45) is 4.71. The highest BCUT2D eigenvalue weighted by Crippen LogP contribution is 2.32. The molecule has 0 saturated carbocycles. The Bertz CT molecular complexity index is 1280. The van der Waals surface area contributed by atoms with Crippen LogP contribution < -0.4 is 16.8 Å². The standard InChI is InChI=1S/C21H21N7S/c22-14(7-13-9-24-17-4-2-1-3-15(13)17)10-25-21-26-11-19(29-21)12-5-6-18-16(8-12)20(23)28-27-18/h1-6,8-9,11,14,24H,7,10,22H2,(H,25,26)(H3,23,27,28)/t14-/m1/s1. The summed E-state index contributed by atoms with van der Waals surface area (Å²) in [5.74, 6) is 0.507. The van der Waals surface area contributed by atoms with E-state index in [-0.39, 0.29) is 6.04 Å². The molecule has 7 nitrogen and oxygen atoms in total. The highest BCUT2D eigenvalue weighted by atomic mass is 32.1. The minimum Gasteiger partial charge on any atom is -0.382 e. The van der Waals surface area contributed by atoms with Crippen LogP contribution in [0.1, 0.15) is 5.56 Å². The van der Waals surface area contributed by atoms with Gasteiger partial charge in [-0.25, -0.2) is 4.98 Å². The highest BCUT2D eigenvalue weighted by Gasteiger charge is 2.11. The molecule has 1 atom stereocenters. The van der Waals surface area contributed by atoms with E-state index in [2.05, 4.69) is 43.7 Å². The van der Waals surface area contributed by atoms with Crippen molar-refractivity contribution in [2.75, 3.05) is 17.6 Å². The molecule has 5 rings (SSSR count). The van der Waals surface area contributed by atoms with Crippen LogP contribution in [0.3, 0.4) is 0 Å². The number of nitrogens with one attached hydrogen (secondary N) is 3. The fourth-order valence-electron chi connectivity index (χ4n) is 3.55. The van der Waals surface area contributed by atoms with Gasteiger partial charge in [-0.1, -0.05) is 35.6 Å². The van der Waals surface area contributed by atoms with Gasteiger partial charge in [-0.05, 0) is 35.7 Å². The lowest BCUT2D eigenvalue weighted by atomic mass is 10.1. The first-order valence-corrected chi connectivity index (χ1v) is 10.2. The monoisotopic (exact) mass is 403 g/mol. The van der Waals surface area contributed by atoms with Crippen molar-refractivity contribution >= 4 is 44.1 Å². The van der Waals surface area contributed by atoms with Gasteiger partial charge in [0.2, 0.25) is 0 Å². The molecular formula is C21H21N7S. The molecule has 5 aromatic rings. The van der Waals surface area contributed by atoms with Gasteiger partial charge >= 0.3 is 0 Å². The second-order valence-electron chi connectivity index (χ2n) is 7.10. The lowest BCUT2D eigenvalue weighted by Gasteiger charge is -2.11. The third-order valence-corrected chi connectivity index (χ3v) is 6.06. The molecule has 0 saturated heterocycles. The number of benzene rings is 2. The van der Waals surface area contributed by atoms with Crippen LogP contribution in [0, 0.1) is 0 Å². The molecular weight excluding hydrogens is 382 g/mol. The first-order chi connectivity index (χ1) is 14.2. The van der Waals surface area contributed by atoms with Crippen LogP contribution in [0.25, 0.3) is 32.2 Å². The van der Waals surface area contributed by atoms with Crippen LogP contribution in [0.4, 0.5) is 10.9 Å². The topological polar surface area (TPSA) is 121 Å². The summed E-state index contributed by atoms with van der Waals surface area (Å²) in [5.41, 5.74) is 16.7. The summed E-state index contributed by atoms with van der Waals surface area (Å²) >= 11 is 1.60. The molecule has 3 aromatic heterocycles. The maximum Gasteiger partial charge on any atom is 0.183 e. The third-order valence-electron chi connectivity index (χ3n) is 5.06. The number of hydrogen-bond donors (Lipinski definition) is 5. The van der Waals surface area contributed by atoms with Gasteiger partial charge < -0.3 is 21.8 Å². The molecule has 2 aromatic carbocycles. The average Bonchev–Trinajstić information content (AvgIpc) is 3.46. The fraction of sp³-hybridized carbons (Fsp3) is 0.143. The number of aromatic amines is 2. The molecule has 3 heterocycles. The van der Waals surface area contributed by atoms with E-state index in [0.29, 0.717) is 12.4 Å². The molecule has 0 spiro atoms. The number of nitrogens with zero attached hydrogens (tertiary/aromatic N) is 2. The molecule has 0 aliphatic carbocycles. The number of anilines is 2. The Morgan fingerprint density at radius 2 is 2.00 bits per heavy atom. The van der Waals surface area contributed by atoms with Gasteiger partial charge in [0.15, 0.2) is 10.9 Å². The lowest BCUT2D eigenvalue weighted by Crippen LogP contribution is -2.31. The van der Waals surface area contributed by atoms with Crippen molar-refractivity contribution in [2.24, 2.45) is 5.73 Å². The Labute approximate surface area is 171 Å². The highest BCUT2D eigenvalue weighted by molar-refractivity contribution is 7.18. The number of fused-ring (bicyclic) bond motifs is 2. The zero-order chi connectivity index (χ0) is 19.8. The molecule has 0 aliphatic rings. The van der Waals surface area contributed by atoms with E-state index in [1.807, 2.05) is 36.7 Å². The summed E-state index contributed by atoms with van der Waals surface area (Å²) in [4.78, 5) is 8.86. The summed E-state index contributed by atoms with van der Waals surface area (Å²) < 4.78 is 0. The fourth-order valence-corrected chi connectivity index (χ4v) is 4.37. The molecule has 8 heteroatoms. The Hall–Kier alpha value is -3.36. The Kier molecular flexibility index (Phi) is 4.42. The van der Waals surface area contributed by atoms with Gasteiger partial charge in [0, 0.05) is 41.3 Å². The third kappa shape index (κ3) is 3.43. The Morgan fingerprint density at radius 3 is 2.93 bits per heavy atom. The normalized spacial score (nSPS) is 12.6. The minimum absolute atomic E-state index is 0.0105. The molecule has 0 aliphatic heterocycles. The zero-order valence-electron chi connectivity index (χ0n) is 15.6. The van der Waals surface area contributed by atoms with Crippen LogP contribution in [0.5, 0.6) is 0 Å². The van der Waals surface area contributed by atoms with Crippen molar-refractivity contribution in [3.05, 3.63) is 60.4 Å². The predicted molar refractivity (Wildman–Crippen MR) is 120 cm³/mol. The Morgan fingerprint density at radius 1 is 1.10 bits per heavy atom. The summed E-state index contributed by atoms with van der Waals surface area (Å²) in [6.45, 7) is 0.653. The van der Waals surface area contributed by atoms with Gasteiger partial charge in [-0.2, -0.15) is 5.10 Å². The maximum atomic E-state index is 6.36. The van der Waals surface area contributed by atoms with Crippen LogP contribution in [0.15, 0.2) is 54.9 Å². The number of hydrogen-bond acceptors (Lipinski definition) is 6. The minimum atomic E-state index is -0.0105. The number of nitrogens with two attached hydrogens (primary N) is 2. The number of rotatable bonds is 6. The van der Waals surface area contributed by atoms with E-state index in [9.17, 15) is 0 Å². The van der Waals surface area contributed by atoms with Crippen molar-refractivity contribution in [2.45, 2.75) is 12.5 Å². The average molecular weight is 404 g/mol. The molecule has 0 bridgehead atoms. The van der Waals surface area contributed by atoms with Crippen LogP contribution in [-0.4, -0.2) is 32.8 Å². The van der Waals surface area contributed by atoms with E-state index in [0.717, 1.165) is 38.4 Å². The lowest BCUT2D eigenvalue weighted by molar-refractivity contribution is 0.702. The van der Waals surface area contributed by atoms with Crippen molar-refractivity contribution < 1.29 is 0 Å². The predicted octanol–water partition coefficient (Wildman–Crippen LogP) is 3.73. The van der Waals surface area contributed by atoms with Crippen LogP contribution >= 0.6 is 11.3 Å². The van der Waals surface area contributed by atoms with E-state index in [1.165, 1.54) is 10.9 Å². The number of nitrogen functional groups attached to an aromatic ring is 1. The van der Waals surface area contributed by atoms with Gasteiger partial charge in [-0.3, -0.25) is 5.10 Å². The van der Waals surface area contributed by atoms with Crippen LogP contribution in [0.2, 0.25) is 0 Å². The van der Waals surface area contributed by atoms with Crippen molar-refractivity contribution in [1.29, 1.82) is 0 Å². The molecule has 0 amide bonds. The molecule has 0 unspecified atom stereocenters. The van der Waals surface area contributed by atoms with Crippen molar-refractivity contribution in [3.8, 4) is 10.4 Å². The number of H-pyrrole nitrogens is 2. The van der Waals surface area contributed by atoms with E-state index < -0.39 is 0 Å². The molecule has 0 radical (unpaired) electrons. The first kappa shape index (κ1) is 17.7. The second-order valence-corrected chi connectivity index (χ2v) is 8.13. The van der Waals surface area contributed by atoms with Crippen molar-refractivity contribution in [3.63, 3.8) is 0 Å². The largest absolute Gasteiger partial charge is 0.382 e. The number of para-hydroxylation sites is 1. The van der Waals surface area contributed by atoms with E-state index in [4.69, 9.17) is 11.5 Å². The van der Waals surface area contributed by atoms with Gasteiger partial charge in [0.05, 0.1) is 10.4 Å². The molecule has 29 heavy (non-hydrogen) atoms. The smallest absolute Gasteiger partial charge is 0.183 e. The number of thiazole rings is 1. The quantitative estimate of drug-likeness (QED) is 0.296. The Balaban J connectivity index is 1.25. The SMILES string of the molecule is Nc1n[nH]c2ccc(-c3cnc(NC[C@H](N)Cc4c[nH]c5ccccc45)s3)cc12. The first-order valence-electron chi connectivity index (χ1n) is 9.41. The van der Waals surface area contributed by atoms with E-state index >= 15 is 0 Å². The van der Waals surface area contributed by atoms with Gasteiger partial charge in [-0.15, -0.1) is 0 Å². The summed E-state index contributed by atoms with van der Waals surface area (Å²) in [6, 6.07) is 14.3. The van der Waals surface area contributed by atoms with Gasteiger partial charge in [0.25, 0.3) is 0 Å². The summed E-state index contributed by atoms with van der Waals surface area (Å²) in [5, 5.41) is 13.3. The van der Waals surface area contributed by atoms with Crippen LogP contribution in [-0.2, 0) is 6.42 Å². The maximum absolute atomic E-state index is 6.36. The molecule has 7 N–H and O–H groups in total. The zero-order valence-corrected chi connectivity index (χ0v) is 16.5. The molecule has 146 valence electrons. The molecule has 0 fully saturated rings. The van der Waals surface area contributed by atoms with Gasteiger partial charge in [0.1, 0.15) is 0 Å². The number of aromatic nitrogens is 4. The van der Waals surface area contributed by atoms with E-state index in [1.54, 1.807) is 11.3 Å².